The summed E-state index contributed by atoms with van der Waals surface area (Å²) in [4.78, 5) is 38.0. The van der Waals surface area contributed by atoms with Crippen LogP contribution in [0.2, 0.25) is 5.02 Å². The summed E-state index contributed by atoms with van der Waals surface area (Å²) in [6.45, 7) is 2.16. The number of hydrogen-bond donors (Lipinski definition) is 1. The van der Waals surface area contributed by atoms with E-state index in [1.165, 1.54) is 12.1 Å². The van der Waals surface area contributed by atoms with Gasteiger partial charge in [0.1, 0.15) is 5.82 Å². The molecule has 1 heterocycles. The average Bonchev–Trinajstić information content (AvgIpc) is 3.05. The first-order chi connectivity index (χ1) is 13.8. The standard InChI is InChI=1S/C21H20ClFN2O4/c1-13-2-4-14(5-3-13)10-25-11-15(8-20(25)27)21(28)29-12-19(26)24-16-6-7-18(23)17(22)9-16/h2-7,9,15H,8,10-12H2,1H3,(H,24,26)/t15-/m1/s1. The van der Waals surface area contributed by atoms with Crippen molar-refractivity contribution in [3.05, 3.63) is 64.4 Å². The Hall–Kier alpha value is -2.93. The summed E-state index contributed by atoms with van der Waals surface area (Å²) >= 11 is 5.66. The van der Waals surface area contributed by atoms with E-state index in [2.05, 4.69) is 5.32 Å². The Morgan fingerprint density at radius 3 is 2.66 bits per heavy atom. The fourth-order valence-corrected chi connectivity index (χ4v) is 3.20. The molecule has 6 nitrogen and oxygen atoms in total. The molecule has 1 aliphatic rings. The number of carbonyl (C=O) groups excluding carboxylic acids is 3. The van der Waals surface area contributed by atoms with Gasteiger partial charge in [-0.2, -0.15) is 0 Å². The molecule has 0 saturated carbocycles. The lowest BCUT2D eigenvalue weighted by atomic mass is 10.1. The second-order valence-electron chi connectivity index (χ2n) is 6.95. The van der Waals surface area contributed by atoms with Crippen molar-refractivity contribution in [3.8, 4) is 0 Å². The number of benzene rings is 2. The van der Waals surface area contributed by atoms with Crippen LogP contribution in [0.5, 0.6) is 0 Å². The molecule has 1 fully saturated rings. The number of halogens is 2. The first-order valence-corrected chi connectivity index (χ1v) is 9.44. The number of amides is 2. The average molecular weight is 419 g/mol. The molecule has 2 aromatic rings. The number of aryl methyl sites for hydroxylation is 1. The maximum Gasteiger partial charge on any atom is 0.311 e. The van der Waals surface area contributed by atoms with Crippen molar-refractivity contribution in [2.45, 2.75) is 19.9 Å². The first-order valence-electron chi connectivity index (χ1n) is 9.06. The predicted octanol–water partition coefficient (Wildman–Crippen LogP) is 3.32. The van der Waals surface area contributed by atoms with Gasteiger partial charge in [0.15, 0.2) is 6.61 Å². The highest BCUT2D eigenvalue weighted by Crippen LogP contribution is 2.22. The topological polar surface area (TPSA) is 75.7 Å². The van der Waals surface area contributed by atoms with E-state index in [9.17, 15) is 18.8 Å². The Morgan fingerprint density at radius 2 is 1.97 bits per heavy atom. The molecule has 0 aliphatic carbocycles. The summed E-state index contributed by atoms with van der Waals surface area (Å²) in [5, 5.41) is 2.34. The summed E-state index contributed by atoms with van der Waals surface area (Å²) in [5.41, 5.74) is 2.40. The quantitative estimate of drug-likeness (QED) is 0.730. The molecule has 0 bridgehead atoms. The van der Waals surface area contributed by atoms with Crippen LogP contribution in [0.3, 0.4) is 0 Å². The molecular weight excluding hydrogens is 399 g/mol. The number of nitrogens with one attached hydrogen (secondary N) is 1. The number of likely N-dealkylation sites (tertiary alicyclic amines) is 1. The number of hydrogen-bond acceptors (Lipinski definition) is 4. The molecule has 0 spiro atoms. The van der Waals surface area contributed by atoms with Crippen LogP contribution in [0.25, 0.3) is 0 Å². The predicted molar refractivity (Wildman–Crippen MR) is 106 cm³/mol. The first kappa shape index (κ1) is 20.8. The Balaban J connectivity index is 1.47. The lowest BCUT2D eigenvalue weighted by Gasteiger charge is -2.16. The number of carbonyl (C=O) groups is 3. The molecule has 1 N–H and O–H groups in total. The fourth-order valence-electron chi connectivity index (χ4n) is 3.02. The Labute approximate surface area is 172 Å². The van der Waals surface area contributed by atoms with E-state index in [-0.39, 0.29) is 29.6 Å². The molecule has 3 rings (SSSR count). The van der Waals surface area contributed by atoms with Gasteiger partial charge in [0.25, 0.3) is 5.91 Å². The summed E-state index contributed by atoms with van der Waals surface area (Å²) in [5.74, 6) is -2.52. The smallest absolute Gasteiger partial charge is 0.311 e. The van der Waals surface area contributed by atoms with E-state index in [1.54, 1.807) is 4.90 Å². The molecule has 29 heavy (non-hydrogen) atoms. The van der Waals surface area contributed by atoms with Crippen LogP contribution in [-0.2, 0) is 25.7 Å². The summed E-state index contributed by atoms with van der Waals surface area (Å²) in [7, 11) is 0. The van der Waals surface area contributed by atoms with Crippen LogP contribution in [-0.4, -0.2) is 35.8 Å². The zero-order valence-corrected chi connectivity index (χ0v) is 16.5. The summed E-state index contributed by atoms with van der Waals surface area (Å²) in [6.07, 6.45) is 0.0554. The van der Waals surface area contributed by atoms with Crippen molar-refractivity contribution in [2.24, 2.45) is 5.92 Å². The van der Waals surface area contributed by atoms with E-state index in [0.29, 0.717) is 6.54 Å². The van der Waals surface area contributed by atoms with E-state index in [0.717, 1.165) is 17.2 Å². The van der Waals surface area contributed by atoms with Gasteiger partial charge in [0, 0.05) is 25.2 Å². The third kappa shape index (κ3) is 5.54. The SMILES string of the molecule is Cc1ccc(CN2C[C@H](C(=O)OCC(=O)Nc3ccc(F)c(Cl)c3)CC2=O)cc1. The molecule has 1 atom stereocenters. The minimum absolute atomic E-state index is 0.0554. The lowest BCUT2D eigenvalue weighted by Crippen LogP contribution is -2.28. The molecule has 0 aromatic heterocycles. The minimum Gasteiger partial charge on any atom is -0.455 e. The maximum absolute atomic E-state index is 13.1. The van der Waals surface area contributed by atoms with Crippen LogP contribution in [0.1, 0.15) is 17.5 Å². The normalized spacial score (nSPS) is 16.0. The molecule has 8 heteroatoms. The van der Waals surface area contributed by atoms with Crippen molar-refractivity contribution in [3.63, 3.8) is 0 Å². The van der Waals surface area contributed by atoms with Crippen LogP contribution in [0.4, 0.5) is 10.1 Å². The van der Waals surface area contributed by atoms with Gasteiger partial charge in [-0.05, 0) is 30.7 Å². The zero-order chi connectivity index (χ0) is 21.0. The van der Waals surface area contributed by atoms with Crippen molar-refractivity contribution in [2.75, 3.05) is 18.5 Å². The number of rotatable bonds is 6. The molecule has 0 unspecified atom stereocenters. The molecule has 152 valence electrons. The van der Waals surface area contributed by atoms with Crippen molar-refractivity contribution in [1.29, 1.82) is 0 Å². The lowest BCUT2D eigenvalue weighted by molar-refractivity contribution is -0.151. The van der Waals surface area contributed by atoms with Crippen LogP contribution in [0, 0.1) is 18.7 Å². The fraction of sp³-hybridized carbons (Fsp3) is 0.286. The van der Waals surface area contributed by atoms with Gasteiger partial charge in [-0.1, -0.05) is 41.4 Å². The second kappa shape index (κ2) is 9.05. The molecular formula is C21H20ClFN2O4. The van der Waals surface area contributed by atoms with Gasteiger partial charge < -0.3 is 15.0 Å². The van der Waals surface area contributed by atoms with E-state index < -0.39 is 30.2 Å². The van der Waals surface area contributed by atoms with Crippen LogP contribution in [0.15, 0.2) is 42.5 Å². The van der Waals surface area contributed by atoms with Gasteiger partial charge >= 0.3 is 5.97 Å². The molecule has 1 saturated heterocycles. The van der Waals surface area contributed by atoms with Crippen LogP contribution < -0.4 is 5.32 Å². The highest BCUT2D eigenvalue weighted by molar-refractivity contribution is 6.31. The number of anilines is 1. The Kier molecular flexibility index (Phi) is 6.49. The third-order valence-corrected chi connectivity index (χ3v) is 4.88. The Bertz CT molecular complexity index is 933. The van der Waals surface area contributed by atoms with Gasteiger partial charge in [-0.3, -0.25) is 14.4 Å². The second-order valence-corrected chi connectivity index (χ2v) is 7.35. The number of ether oxygens (including phenoxy) is 1. The summed E-state index contributed by atoms with van der Waals surface area (Å²) in [6, 6.07) is 11.6. The van der Waals surface area contributed by atoms with Gasteiger partial charge in [-0.25, -0.2) is 4.39 Å². The molecule has 2 amide bonds. The minimum atomic E-state index is -0.610. The molecule has 1 aliphatic heterocycles. The number of nitrogens with zero attached hydrogens (tertiary/aromatic N) is 1. The summed E-state index contributed by atoms with van der Waals surface area (Å²) < 4.78 is 18.2. The monoisotopic (exact) mass is 418 g/mol. The Morgan fingerprint density at radius 1 is 1.24 bits per heavy atom. The maximum atomic E-state index is 13.1. The van der Waals surface area contributed by atoms with E-state index >= 15 is 0 Å². The van der Waals surface area contributed by atoms with E-state index in [4.69, 9.17) is 16.3 Å². The van der Waals surface area contributed by atoms with Gasteiger partial charge in [0.2, 0.25) is 5.91 Å². The zero-order valence-electron chi connectivity index (χ0n) is 15.8. The van der Waals surface area contributed by atoms with Crippen molar-refractivity contribution >= 4 is 35.1 Å². The van der Waals surface area contributed by atoms with E-state index in [1.807, 2.05) is 31.2 Å². The highest BCUT2D eigenvalue weighted by atomic mass is 35.5. The largest absolute Gasteiger partial charge is 0.455 e. The highest BCUT2D eigenvalue weighted by Gasteiger charge is 2.35. The third-order valence-electron chi connectivity index (χ3n) is 4.59. The molecule has 2 aromatic carbocycles. The van der Waals surface area contributed by atoms with Crippen molar-refractivity contribution in [1.82, 2.24) is 4.90 Å². The molecule has 0 radical (unpaired) electrons. The van der Waals surface area contributed by atoms with Gasteiger partial charge in [0.05, 0.1) is 10.9 Å². The number of esters is 1. The van der Waals surface area contributed by atoms with Crippen molar-refractivity contribution < 1.29 is 23.5 Å². The van der Waals surface area contributed by atoms with Crippen LogP contribution >= 0.6 is 11.6 Å². The van der Waals surface area contributed by atoms with Gasteiger partial charge in [-0.15, -0.1) is 0 Å².